The Morgan fingerprint density at radius 1 is 1.00 bits per heavy atom. The number of rotatable bonds is 7. The first-order valence-electron chi connectivity index (χ1n) is 7.49. The topological polar surface area (TPSA) is 77.1 Å². The Morgan fingerprint density at radius 3 is 1.73 bits per heavy atom. The standard InChI is InChI=1S/C14H22N2O4.C3H6O.2ClH/c1-15-6-7-16(2)14(17)10-8-11(18-3)13(20-5)12(9-10)19-4;1-3(2)4;;/h8-9,15H,6-7H2,1-5H3;1-2H3;2*1H. The molecular formula is C17H30Cl2N2O5. The van der Waals surface area contributed by atoms with Crippen LogP contribution in [-0.4, -0.2) is 65.1 Å². The predicted molar refractivity (Wildman–Crippen MR) is 108 cm³/mol. The summed E-state index contributed by atoms with van der Waals surface area (Å²) < 4.78 is 15.7. The van der Waals surface area contributed by atoms with E-state index in [0.29, 0.717) is 29.4 Å². The van der Waals surface area contributed by atoms with E-state index in [2.05, 4.69) is 5.32 Å². The van der Waals surface area contributed by atoms with E-state index in [9.17, 15) is 9.59 Å². The molecule has 152 valence electrons. The maximum absolute atomic E-state index is 12.3. The van der Waals surface area contributed by atoms with Crippen LogP contribution in [-0.2, 0) is 4.79 Å². The van der Waals surface area contributed by atoms with Gasteiger partial charge in [0.05, 0.1) is 21.3 Å². The fraction of sp³-hybridized carbons (Fsp3) is 0.529. The molecule has 0 aromatic heterocycles. The number of hydrogen-bond acceptors (Lipinski definition) is 6. The Morgan fingerprint density at radius 2 is 1.42 bits per heavy atom. The molecule has 1 N–H and O–H groups in total. The first-order valence-corrected chi connectivity index (χ1v) is 7.49. The number of nitrogens with one attached hydrogen (secondary N) is 1. The van der Waals surface area contributed by atoms with Gasteiger partial charge in [0.1, 0.15) is 5.78 Å². The zero-order valence-electron chi connectivity index (χ0n) is 16.4. The summed E-state index contributed by atoms with van der Waals surface area (Å²) in [5.74, 6) is 1.48. The molecule has 0 spiro atoms. The highest BCUT2D eigenvalue weighted by Crippen LogP contribution is 2.38. The molecule has 0 radical (unpaired) electrons. The molecule has 7 nitrogen and oxygen atoms in total. The summed E-state index contributed by atoms with van der Waals surface area (Å²) in [5, 5.41) is 3.01. The summed E-state index contributed by atoms with van der Waals surface area (Å²) in [6.07, 6.45) is 0. The minimum Gasteiger partial charge on any atom is -0.493 e. The summed E-state index contributed by atoms with van der Waals surface area (Å²) in [5.41, 5.74) is 0.498. The monoisotopic (exact) mass is 412 g/mol. The molecular weight excluding hydrogens is 383 g/mol. The van der Waals surface area contributed by atoms with Crippen molar-refractivity contribution in [3.8, 4) is 17.2 Å². The number of ketones is 1. The molecule has 0 bridgehead atoms. The molecule has 0 aliphatic rings. The summed E-state index contributed by atoms with van der Waals surface area (Å²) in [6.45, 7) is 4.40. The van der Waals surface area contributed by atoms with Crippen LogP contribution in [0.25, 0.3) is 0 Å². The van der Waals surface area contributed by atoms with Crippen LogP contribution in [0.4, 0.5) is 0 Å². The average Bonchev–Trinajstić information content (AvgIpc) is 2.56. The molecule has 1 aromatic carbocycles. The lowest BCUT2D eigenvalue weighted by Gasteiger charge is -2.19. The molecule has 0 unspecified atom stereocenters. The Kier molecular flexibility index (Phi) is 17.4. The second kappa shape index (κ2) is 15.5. The van der Waals surface area contributed by atoms with E-state index in [1.807, 2.05) is 7.05 Å². The van der Waals surface area contributed by atoms with Gasteiger partial charge in [0.25, 0.3) is 5.91 Å². The quantitative estimate of drug-likeness (QED) is 0.740. The summed E-state index contributed by atoms with van der Waals surface area (Å²) in [7, 11) is 8.17. The van der Waals surface area contributed by atoms with E-state index in [1.54, 1.807) is 24.1 Å². The lowest BCUT2D eigenvalue weighted by atomic mass is 10.1. The number of likely N-dealkylation sites (N-methyl/N-ethyl adjacent to an activating group) is 2. The number of halogens is 2. The number of nitrogens with zero attached hydrogens (tertiary/aromatic N) is 1. The minimum absolute atomic E-state index is 0. The Balaban J connectivity index is -0.000000798. The Hall–Kier alpha value is -1.70. The van der Waals surface area contributed by atoms with Crippen molar-refractivity contribution in [1.82, 2.24) is 10.2 Å². The van der Waals surface area contributed by atoms with Gasteiger partial charge in [0.2, 0.25) is 5.75 Å². The molecule has 9 heteroatoms. The highest BCUT2D eigenvalue weighted by Gasteiger charge is 2.18. The number of Topliss-reactive ketones (excluding diaryl/α,β-unsaturated/α-hetero) is 1. The van der Waals surface area contributed by atoms with Crippen molar-refractivity contribution < 1.29 is 23.8 Å². The number of methoxy groups -OCH3 is 3. The van der Waals surface area contributed by atoms with Gasteiger partial charge in [-0.1, -0.05) is 0 Å². The second-order valence-electron chi connectivity index (χ2n) is 5.15. The van der Waals surface area contributed by atoms with Crippen molar-refractivity contribution in [2.24, 2.45) is 0 Å². The molecule has 26 heavy (non-hydrogen) atoms. The van der Waals surface area contributed by atoms with Crippen LogP contribution in [0.3, 0.4) is 0 Å². The van der Waals surface area contributed by atoms with Crippen LogP contribution < -0.4 is 19.5 Å². The van der Waals surface area contributed by atoms with Crippen molar-refractivity contribution in [3.05, 3.63) is 17.7 Å². The third-order valence-corrected chi connectivity index (χ3v) is 2.96. The van der Waals surface area contributed by atoms with Gasteiger partial charge in [-0.05, 0) is 33.0 Å². The Labute approximate surface area is 168 Å². The number of amides is 1. The first-order chi connectivity index (χ1) is 11.3. The number of carbonyl (C=O) groups excluding carboxylic acids is 2. The van der Waals surface area contributed by atoms with Gasteiger partial charge in [-0.25, -0.2) is 0 Å². The van der Waals surface area contributed by atoms with E-state index in [-0.39, 0.29) is 36.5 Å². The normalized spacial score (nSPS) is 8.73. The third kappa shape index (κ3) is 9.70. The fourth-order valence-corrected chi connectivity index (χ4v) is 1.81. The summed E-state index contributed by atoms with van der Waals surface area (Å²) in [4.78, 5) is 23.4. The van der Waals surface area contributed by atoms with Gasteiger partial charge in [-0.15, -0.1) is 24.8 Å². The van der Waals surface area contributed by atoms with E-state index < -0.39 is 0 Å². The second-order valence-corrected chi connectivity index (χ2v) is 5.15. The molecule has 0 aliphatic heterocycles. The lowest BCUT2D eigenvalue weighted by molar-refractivity contribution is -0.115. The zero-order chi connectivity index (χ0) is 18.7. The Bertz CT molecular complexity index is 527. The highest BCUT2D eigenvalue weighted by molar-refractivity contribution is 5.95. The predicted octanol–water partition coefficient (Wildman–Crippen LogP) is 2.44. The van der Waals surface area contributed by atoms with E-state index in [4.69, 9.17) is 14.2 Å². The molecule has 0 heterocycles. The van der Waals surface area contributed by atoms with Crippen LogP contribution in [0.1, 0.15) is 24.2 Å². The molecule has 0 aliphatic carbocycles. The van der Waals surface area contributed by atoms with E-state index in [1.165, 1.54) is 35.2 Å². The van der Waals surface area contributed by atoms with Crippen LogP contribution in [0.15, 0.2) is 12.1 Å². The van der Waals surface area contributed by atoms with Crippen molar-refractivity contribution in [3.63, 3.8) is 0 Å². The number of carbonyl (C=O) groups is 2. The third-order valence-electron chi connectivity index (χ3n) is 2.96. The molecule has 0 fully saturated rings. The molecule has 0 saturated carbocycles. The number of hydrogen-bond donors (Lipinski definition) is 1. The highest BCUT2D eigenvalue weighted by atomic mass is 35.5. The van der Waals surface area contributed by atoms with Gasteiger partial charge in [-0.3, -0.25) is 4.79 Å². The fourth-order valence-electron chi connectivity index (χ4n) is 1.81. The first kappa shape index (κ1) is 29.1. The molecule has 0 atom stereocenters. The molecule has 1 rings (SSSR count). The van der Waals surface area contributed by atoms with Crippen LogP contribution in [0.2, 0.25) is 0 Å². The van der Waals surface area contributed by atoms with Crippen LogP contribution >= 0.6 is 24.8 Å². The van der Waals surface area contributed by atoms with Gasteiger partial charge >= 0.3 is 0 Å². The maximum Gasteiger partial charge on any atom is 0.253 e. The lowest BCUT2D eigenvalue weighted by Crippen LogP contribution is -2.32. The van der Waals surface area contributed by atoms with Crippen molar-refractivity contribution in [1.29, 1.82) is 0 Å². The smallest absolute Gasteiger partial charge is 0.253 e. The molecule has 0 saturated heterocycles. The number of benzene rings is 1. The minimum atomic E-state index is -0.0977. The van der Waals surface area contributed by atoms with Gasteiger partial charge in [0, 0.05) is 25.7 Å². The van der Waals surface area contributed by atoms with Crippen molar-refractivity contribution in [2.45, 2.75) is 13.8 Å². The van der Waals surface area contributed by atoms with Gasteiger partial charge < -0.3 is 29.2 Å². The van der Waals surface area contributed by atoms with Crippen LogP contribution in [0.5, 0.6) is 17.2 Å². The largest absolute Gasteiger partial charge is 0.493 e. The average molecular weight is 413 g/mol. The maximum atomic E-state index is 12.3. The summed E-state index contributed by atoms with van der Waals surface area (Å²) >= 11 is 0. The number of ether oxygens (including phenoxy) is 3. The van der Waals surface area contributed by atoms with Crippen molar-refractivity contribution in [2.75, 3.05) is 48.5 Å². The molecule has 1 amide bonds. The van der Waals surface area contributed by atoms with Gasteiger partial charge in [-0.2, -0.15) is 0 Å². The summed E-state index contributed by atoms with van der Waals surface area (Å²) in [6, 6.07) is 3.30. The van der Waals surface area contributed by atoms with Crippen molar-refractivity contribution >= 4 is 36.5 Å². The van der Waals surface area contributed by atoms with E-state index in [0.717, 1.165) is 6.54 Å². The van der Waals surface area contributed by atoms with Crippen LogP contribution in [0, 0.1) is 0 Å². The molecule has 1 aromatic rings. The zero-order valence-corrected chi connectivity index (χ0v) is 18.0. The van der Waals surface area contributed by atoms with Gasteiger partial charge in [0.15, 0.2) is 11.5 Å². The SMILES string of the molecule is CC(C)=O.CNCCN(C)C(=O)c1cc(OC)c(OC)c(OC)c1.Cl.Cl. The van der Waals surface area contributed by atoms with E-state index >= 15 is 0 Å².